The lowest BCUT2D eigenvalue weighted by molar-refractivity contribution is 0.299. The van der Waals surface area contributed by atoms with Crippen molar-refractivity contribution in [2.24, 2.45) is 19.5 Å². The molecule has 0 spiro atoms. The number of halogens is 1. The summed E-state index contributed by atoms with van der Waals surface area (Å²) in [6, 6.07) is 9.28. The van der Waals surface area contributed by atoms with E-state index >= 15 is 0 Å². The molecule has 3 heterocycles. The van der Waals surface area contributed by atoms with Crippen LogP contribution in [0.5, 0.6) is 0 Å². The molecule has 0 saturated heterocycles. The average Bonchev–Trinajstić information content (AvgIpc) is 3.39. The Morgan fingerprint density at radius 1 is 1.17 bits per heavy atom. The Labute approximate surface area is 210 Å². The zero-order valence-electron chi connectivity index (χ0n) is 19.6. The maximum atomic E-state index is 13.4. The van der Waals surface area contributed by atoms with Gasteiger partial charge in [-0.25, -0.2) is 9.78 Å². The fourth-order valence-corrected chi connectivity index (χ4v) is 6.51. The number of aromatic nitrogens is 4. The van der Waals surface area contributed by atoms with Crippen molar-refractivity contribution in [2.75, 3.05) is 5.75 Å². The van der Waals surface area contributed by atoms with Crippen LogP contribution in [-0.4, -0.2) is 37.8 Å². The highest BCUT2D eigenvalue weighted by Gasteiger charge is 2.39. The predicted octanol–water partition coefficient (Wildman–Crippen LogP) is 3.78. The predicted molar refractivity (Wildman–Crippen MR) is 138 cm³/mol. The Morgan fingerprint density at radius 2 is 1.83 bits per heavy atom. The van der Waals surface area contributed by atoms with Crippen LogP contribution in [0.3, 0.4) is 0 Å². The van der Waals surface area contributed by atoms with Crippen LogP contribution in [-0.2, 0) is 24.2 Å². The van der Waals surface area contributed by atoms with Crippen LogP contribution in [0.2, 0.25) is 5.15 Å². The molecule has 1 atom stereocenters. The average molecular weight is 537 g/mol. The van der Waals surface area contributed by atoms with Crippen molar-refractivity contribution < 1.29 is 13.0 Å². The molecule has 0 aliphatic heterocycles. The topological polar surface area (TPSA) is 127 Å². The Morgan fingerprint density at radius 3 is 2.40 bits per heavy atom. The molecule has 0 bridgehead atoms. The maximum absolute atomic E-state index is 13.4. The first kappa shape index (κ1) is 25.4. The highest BCUT2D eigenvalue weighted by Crippen LogP contribution is 2.47. The Hall–Kier alpha value is -2.73. The Kier molecular flexibility index (Phi) is 6.56. The lowest BCUT2D eigenvalue weighted by atomic mass is 9.75. The van der Waals surface area contributed by atoms with E-state index in [1.165, 1.54) is 23.0 Å². The van der Waals surface area contributed by atoms with Gasteiger partial charge in [-0.15, -0.1) is 11.3 Å². The molecule has 3 aromatic heterocycles. The second-order valence-electron chi connectivity index (χ2n) is 9.18. The lowest BCUT2D eigenvalue weighted by Crippen LogP contribution is -2.37. The molecule has 4 aromatic rings. The summed E-state index contributed by atoms with van der Waals surface area (Å²) in [4.78, 5) is 34.2. The molecule has 35 heavy (non-hydrogen) atoms. The highest BCUT2D eigenvalue weighted by molar-refractivity contribution is 7.85. The van der Waals surface area contributed by atoms with Gasteiger partial charge in [0.2, 0.25) is 0 Å². The van der Waals surface area contributed by atoms with Crippen molar-refractivity contribution in [3.63, 3.8) is 0 Å². The summed E-state index contributed by atoms with van der Waals surface area (Å²) in [5, 5.41) is 2.88. The van der Waals surface area contributed by atoms with E-state index in [4.69, 9.17) is 11.6 Å². The smallest absolute Gasteiger partial charge is 0.331 e. The SMILES string of the molecule is Cn1c(=O)c2c(-c3ccccc3)[nH]c(C(c3nc(Cl)cs3)C(C)(C)CCS(=O)(=O)O)c2n(C)c1=O. The maximum Gasteiger partial charge on any atom is 0.331 e. The van der Waals surface area contributed by atoms with Gasteiger partial charge in [0.15, 0.2) is 0 Å². The van der Waals surface area contributed by atoms with E-state index in [1.54, 1.807) is 12.4 Å². The van der Waals surface area contributed by atoms with Crippen molar-refractivity contribution >= 4 is 44.0 Å². The van der Waals surface area contributed by atoms with E-state index < -0.39 is 38.5 Å². The van der Waals surface area contributed by atoms with Crippen molar-refractivity contribution in [3.8, 4) is 11.3 Å². The summed E-state index contributed by atoms with van der Waals surface area (Å²) < 4.78 is 35.1. The summed E-state index contributed by atoms with van der Waals surface area (Å²) in [7, 11) is -1.20. The summed E-state index contributed by atoms with van der Waals surface area (Å²) in [6.45, 7) is 3.71. The molecule has 12 heteroatoms. The van der Waals surface area contributed by atoms with Crippen LogP contribution in [0.25, 0.3) is 22.2 Å². The lowest BCUT2D eigenvalue weighted by Gasteiger charge is -2.33. The van der Waals surface area contributed by atoms with Crippen LogP contribution < -0.4 is 11.2 Å². The van der Waals surface area contributed by atoms with Crippen molar-refractivity contribution in [1.82, 2.24) is 19.1 Å². The molecule has 0 fully saturated rings. The summed E-state index contributed by atoms with van der Waals surface area (Å²) in [6.07, 6.45) is 0.0909. The van der Waals surface area contributed by atoms with Crippen LogP contribution in [0.4, 0.5) is 0 Å². The molecule has 4 rings (SSSR count). The first-order valence-electron chi connectivity index (χ1n) is 10.7. The number of aryl methyl sites for hydroxylation is 1. The summed E-state index contributed by atoms with van der Waals surface area (Å²) in [5.41, 5.74) is 0.539. The molecule has 186 valence electrons. The monoisotopic (exact) mass is 536 g/mol. The Bertz CT molecular complexity index is 1630. The largest absolute Gasteiger partial charge is 0.355 e. The number of rotatable bonds is 7. The van der Waals surface area contributed by atoms with Gasteiger partial charge in [-0.2, -0.15) is 8.42 Å². The van der Waals surface area contributed by atoms with Gasteiger partial charge >= 0.3 is 5.69 Å². The molecule has 0 saturated carbocycles. The molecule has 0 amide bonds. The number of aromatic amines is 1. The third-order valence-corrected chi connectivity index (χ3v) is 8.26. The van der Waals surface area contributed by atoms with E-state index in [0.717, 1.165) is 10.1 Å². The number of H-pyrrole nitrogens is 1. The molecule has 9 nitrogen and oxygen atoms in total. The number of thiazole rings is 1. The zero-order valence-corrected chi connectivity index (χ0v) is 22.0. The van der Waals surface area contributed by atoms with Crippen LogP contribution in [0, 0.1) is 5.41 Å². The number of hydrogen-bond acceptors (Lipinski definition) is 6. The van der Waals surface area contributed by atoms with E-state index in [9.17, 15) is 22.6 Å². The van der Waals surface area contributed by atoms with E-state index in [-0.39, 0.29) is 11.6 Å². The first-order chi connectivity index (χ1) is 16.3. The van der Waals surface area contributed by atoms with Gasteiger partial charge in [0, 0.05) is 19.5 Å². The number of benzene rings is 1. The minimum atomic E-state index is -4.22. The van der Waals surface area contributed by atoms with Gasteiger partial charge in [0.1, 0.15) is 10.2 Å². The summed E-state index contributed by atoms with van der Waals surface area (Å²) in [5.74, 6) is -1.03. The van der Waals surface area contributed by atoms with E-state index in [0.29, 0.717) is 27.3 Å². The minimum Gasteiger partial charge on any atom is -0.355 e. The highest BCUT2D eigenvalue weighted by atomic mass is 35.5. The van der Waals surface area contributed by atoms with Gasteiger partial charge in [-0.3, -0.25) is 18.5 Å². The fourth-order valence-electron chi connectivity index (χ4n) is 4.46. The van der Waals surface area contributed by atoms with Gasteiger partial charge in [0.05, 0.1) is 34.0 Å². The summed E-state index contributed by atoms with van der Waals surface area (Å²) >= 11 is 7.46. The van der Waals surface area contributed by atoms with Gasteiger partial charge in [0.25, 0.3) is 15.7 Å². The molecule has 0 radical (unpaired) electrons. The molecular weight excluding hydrogens is 512 g/mol. The number of nitrogens with zero attached hydrogens (tertiary/aromatic N) is 3. The normalized spacial score (nSPS) is 13.4. The molecular formula is C23H25ClN4O5S2. The molecule has 1 unspecified atom stereocenters. The van der Waals surface area contributed by atoms with Gasteiger partial charge in [-0.1, -0.05) is 55.8 Å². The zero-order chi connectivity index (χ0) is 25.7. The van der Waals surface area contributed by atoms with E-state index in [2.05, 4.69) is 9.97 Å². The number of fused-ring (bicyclic) bond motifs is 1. The van der Waals surface area contributed by atoms with Crippen molar-refractivity contribution in [2.45, 2.75) is 26.2 Å². The van der Waals surface area contributed by atoms with Crippen LogP contribution in [0.15, 0.2) is 45.3 Å². The fraction of sp³-hybridized carbons (Fsp3) is 0.348. The molecule has 2 N–H and O–H groups in total. The minimum absolute atomic E-state index is 0.0909. The molecule has 1 aromatic carbocycles. The van der Waals surface area contributed by atoms with Crippen molar-refractivity contribution in [3.05, 3.63) is 72.4 Å². The van der Waals surface area contributed by atoms with Gasteiger partial charge < -0.3 is 4.98 Å². The van der Waals surface area contributed by atoms with Crippen molar-refractivity contribution in [1.29, 1.82) is 0 Å². The van der Waals surface area contributed by atoms with Crippen LogP contribution >= 0.6 is 22.9 Å². The third-order valence-electron chi connectivity index (χ3n) is 6.31. The number of hydrogen-bond donors (Lipinski definition) is 2. The second-order valence-corrected chi connectivity index (χ2v) is 12.0. The number of nitrogens with one attached hydrogen (secondary N) is 1. The first-order valence-corrected chi connectivity index (χ1v) is 13.6. The molecule has 0 aliphatic carbocycles. The van der Waals surface area contributed by atoms with Gasteiger partial charge in [-0.05, 0) is 17.4 Å². The third kappa shape index (κ3) is 4.73. The Balaban J connectivity index is 2.10. The second kappa shape index (κ2) is 9.05. The van der Waals surface area contributed by atoms with Crippen LogP contribution in [0.1, 0.15) is 36.9 Å². The van der Waals surface area contributed by atoms with E-state index in [1.807, 2.05) is 44.2 Å². The standard InChI is InChI=1S/C23H25ClN4O5S2/c1-23(2,10-11-35(31,32)33)16(20-25-14(24)12-34-20)18-19-15(21(29)28(4)22(30)27(19)3)17(26-18)13-8-6-5-7-9-13/h5-9,12,16,26H,10-11H2,1-4H3,(H,31,32,33). The quantitative estimate of drug-likeness (QED) is 0.346. The molecule has 0 aliphatic rings.